The van der Waals surface area contributed by atoms with Gasteiger partial charge in [-0.15, -0.1) is 6.58 Å². The van der Waals surface area contributed by atoms with Crippen LogP contribution in [0.2, 0.25) is 0 Å². The molecule has 7 rings (SSSR count). The number of alkyl halides is 1. The molecule has 53 heavy (non-hydrogen) atoms. The lowest BCUT2D eigenvalue weighted by molar-refractivity contribution is -0.218. The van der Waals surface area contributed by atoms with Crippen molar-refractivity contribution >= 4 is 15.8 Å². The summed E-state index contributed by atoms with van der Waals surface area (Å²) < 4.78 is 38.1. The average Bonchev–Trinajstić information content (AvgIpc) is 3.53. The van der Waals surface area contributed by atoms with Crippen LogP contribution in [-0.2, 0) is 14.6 Å². The van der Waals surface area contributed by atoms with Gasteiger partial charge in [-0.25, -0.2) is 12.8 Å². The number of hydrogen-bond donors (Lipinski definition) is 2. The number of carboxylic acids is 1. The van der Waals surface area contributed by atoms with E-state index in [1.54, 1.807) is 6.08 Å². The maximum atomic E-state index is 13.9. The van der Waals surface area contributed by atoms with Gasteiger partial charge in [-0.3, -0.25) is 4.79 Å². The fourth-order valence-corrected chi connectivity index (χ4v) is 15.6. The molecular weight excluding hydrogens is 684 g/mol. The van der Waals surface area contributed by atoms with Gasteiger partial charge in [0, 0.05) is 24.9 Å². The van der Waals surface area contributed by atoms with E-state index < -0.39 is 27.9 Å². The molecule has 6 aliphatic carbocycles. The fourth-order valence-electron chi connectivity index (χ4n) is 14.6. The summed E-state index contributed by atoms with van der Waals surface area (Å²) >= 11 is 0. The van der Waals surface area contributed by atoms with Crippen LogP contribution in [0.3, 0.4) is 0 Å². The van der Waals surface area contributed by atoms with Crippen LogP contribution in [0.4, 0.5) is 4.39 Å². The number of carboxylic acid groups (broad SMARTS) is 1. The predicted molar refractivity (Wildman–Crippen MR) is 215 cm³/mol. The number of nitrogens with one attached hydrogen (secondary N) is 1. The van der Waals surface area contributed by atoms with E-state index in [4.69, 9.17) is 0 Å². The molecule has 6 nitrogen and oxygen atoms in total. The Morgan fingerprint density at radius 3 is 2.23 bits per heavy atom. The van der Waals surface area contributed by atoms with E-state index in [2.05, 4.69) is 63.6 Å². The Hall–Kier alpha value is -1.51. The molecule has 0 aromatic rings. The Bertz CT molecular complexity index is 1560. The van der Waals surface area contributed by atoms with Crippen molar-refractivity contribution in [2.75, 3.05) is 39.1 Å². The smallest absolute Gasteiger partial charge is 0.312 e. The number of aliphatic carboxylic acids is 1. The molecule has 7 aliphatic rings. The molecule has 0 amide bonds. The normalized spacial score (nSPS) is 42.7. The number of rotatable bonds is 8. The van der Waals surface area contributed by atoms with Crippen molar-refractivity contribution in [3.63, 3.8) is 0 Å². The number of piperidine rings is 1. The second-order valence-electron chi connectivity index (χ2n) is 20.2. The van der Waals surface area contributed by atoms with E-state index in [1.807, 2.05) is 6.92 Å². The van der Waals surface area contributed by atoms with Gasteiger partial charge in [0.2, 0.25) is 0 Å². The van der Waals surface area contributed by atoms with Crippen LogP contribution in [0.25, 0.3) is 0 Å². The lowest BCUT2D eigenvalue weighted by Gasteiger charge is -2.72. The van der Waals surface area contributed by atoms with Crippen LogP contribution in [0.5, 0.6) is 0 Å². The maximum absolute atomic E-state index is 13.9. The zero-order valence-electron chi connectivity index (χ0n) is 34.4. The van der Waals surface area contributed by atoms with Crippen molar-refractivity contribution in [1.82, 2.24) is 10.2 Å². The van der Waals surface area contributed by atoms with Crippen LogP contribution < -0.4 is 5.32 Å². The van der Waals surface area contributed by atoms with Crippen LogP contribution in [0.1, 0.15) is 138 Å². The molecule has 0 bridgehead atoms. The van der Waals surface area contributed by atoms with E-state index in [1.165, 1.54) is 75.2 Å². The minimum Gasteiger partial charge on any atom is -0.481 e. The highest BCUT2D eigenvalue weighted by atomic mass is 32.2. The van der Waals surface area contributed by atoms with Gasteiger partial charge >= 0.3 is 5.97 Å². The molecule has 300 valence electrons. The third kappa shape index (κ3) is 6.76. The molecule has 7 unspecified atom stereocenters. The van der Waals surface area contributed by atoms with Crippen molar-refractivity contribution in [3.8, 4) is 0 Å². The van der Waals surface area contributed by atoms with Crippen molar-refractivity contribution in [1.29, 1.82) is 0 Å². The van der Waals surface area contributed by atoms with Crippen molar-refractivity contribution < 1.29 is 22.7 Å². The minimum absolute atomic E-state index is 0.00795. The van der Waals surface area contributed by atoms with Crippen LogP contribution in [-0.4, -0.2) is 74.3 Å². The fraction of sp³-hybridized carbons (Fsp3) is 0.844. The predicted octanol–water partition coefficient (Wildman–Crippen LogP) is 9.57. The first-order valence-corrected chi connectivity index (χ1v) is 23.3. The van der Waals surface area contributed by atoms with E-state index in [0.717, 1.165) is 57.3 Å². The molecule has 9 atom stereocenters. The van der Waals surface area contributed by atoms with E-state index in [9.17, 15) is 22.7 Å². The largest absolute Gasteiger partial charge is 0.481 e. The highest BCUT2D eigenvalue weighted by molar-refractivity contribution is 7.91. The van der Waals surface area contributed by atoms with Gasteiger partial charge in [0.05, 0.1) is 10.7 Å². The summed E-state index contributed by atoms with van der Waals surface area (Å²) in [6.07, 6.45) is 23.5. The summed E-state index contributed by atoms with van der Waals surface area (Å²) in [7, 11) is -2.94. The standard InChI is InChI=1S/C42H67FN2O4S.C3H6/c1-37(2)31(29-11-20-41(28-43,21-12-29)36(46)47)13-18-38(3)34(37)14-19-40(5)35(38)10-9-32-33-8-7-17-42(33,23-22-39(32,40)4)44-24-27-45-25-15-30(16-26-45)50(6,48)49;1-3-2/h11,13,30,32-35,44H,7-10,12,14-28H2,1-6H3,(H,46,47);3H,1H2,2H3/t32?,33-,34?,35?,38?,39-,40?,41?,42?;/m1./s1. The van der Waals surface area contributed by atoms with Crippen molar-refractivity contribution in [2.24, 2.45) is 50.7 Å². The number of sulfone groups is 1. The van der Waals surface area contributed by atoms with Gasteiger partial charge < -0.3 is 15.3 Å². The average molecular weight is 757 g/mol. The molecule has 0 radical (unpaired) electrons. The third-order valence-electron chi connectivity index (χ3n) is 17.7. The van der Waals surface area contributed by atoms with Gasteiger partial charge in [0.15, 0.2) is 0 Å². The van der Waals surface area contributed by atoms with Gasteiger partial charge in [-0.05, 0) is 166 Å². The van der Waals surface area contributed by atoms with Crippen molar-refractivity contribution in [2.45, 2.75) is 149 Å². The van der Waals surface area contributed by atoms with Crippen LogP contribution >= 0.6 is 0 Å². The zero-order valence-corrected chi connectivity index (χ0v) is 35.2. The molecule has 4 saturated carbocycles. The topological polar surface area (TPSA) is 86.7 Å². The van der Waals surface area contributed by atoms with E-state index >= 15 is 0 Å². The lowest BCUT2D eigenvalue weighted by atomic mass is 9.33. The summed E-state index contributed by atoms with van der Waals surface area (Å²) in [5.74, 6) is 1.79. The molecule has 0 spiro atoms. The molecular formula is C45H73FN2O4S. The lowest BCUT2D eigenvalue weighted by Crippen LogP contribution is -2.67. The number of carbonyl (C=O) groups is 1. The number of allylic oxidation sites excluding steroid dienone is 5. The summed E-state index contributed by atoms with van der Waals surface area (Å²) in [5.41, 5.74) is 2.61. The maximum Gasteiger partial charge on any atom is 0.312 e. The molecule has 1 aliphatic heterocycles. The molecule has 8 heteroatoms. The second kappa shape index (κ2) is 14.8. The Kier molecular flexibility index (Phi) is 11.5. The van der Waals surface area contributed by atoms with Gasteiger partial charge in [-0.1, -0.05) is 59.3 Å². The highest BCUT2D eigenvalue weighted by Crippen LogP contribution is 2.76. The zero-order chi connectivity index (χ0) is 38.7. The number of likely N-dealkylation sites (tertiary alicyclic amines) is 1. The first kappa shape index (κ1) is 41.1. The van der Waals surface area contributed by atoms with Gasteiger partial charge in [0.1, 0.15) is 16.5 Å². The molecule has 0 aromatic carbocycles. The number of hydrogen-bond acceptors (Lipinski definition) is 5. The van der Waals surface area contributed by atoms with Crippen LogP contribution in [0, 0.1) is 50.7 Å². The Morgan fingerprint density at radius 1 is 0.925 bits per heavy atom. The third-order valence-corrected chi connectivity index (χ3v) is 19.3. The van der Waals surface area contributed by atoms with E-state index in [0.29, 0.717) is 41.9 Å². The van der Waals surface area contributed by atoms with E-state index in [-0.39, 0.29) is 21.6 Å². The van der Waals surface area contributed by atoms with Gasteiger partial charge in [-0.2, -0.15) is 0 Å². The monoisotopic (exact) mass is 757 g/mol. The van der Waals surface area contributed by atoms with Crippen LogP contribution in [0.15, 0.2) is 36.0 Å². The summed E-state index contributed by atoms with van der Waals surface area (Å²) in [6.45, 7) is 21.2. The Morgan fingerprint density at radius 2 is 1.62 bits per heavy atom. The molecule has 2 N–H and O–H groups in total. The first-order chi connectivity index (χ1) is 24.9. The summed E-state index contributed by atoms with van der Waals surface area (Å²) in [6, 6.07) is 0. The minimum atomic E-state index is -2.94. The Labute approximate surface area is 322 Å². The summed E-state index contributed by atoms with van der Waals surface area (Å²) in [4.78, 5) is 14.4. The molecule has 1 saturated heterocycles. The Balaban J connectivity index is 0.00000155. The number of fused-ring (bicyclic) bond motifs is 7. The number of nitrogens with zero attached hydrogens (tertiary/aromatic N) is 1. The first-order valence-electron chi connectivity index (χ1n) is 21.3. The van der Waals surface area contributed by atoms with Crippen molar-refractivity contribution in [3.05, 3.63) is 36.0 Å². The second-order valence-corrected chi connectivity index (χ2v) is 22.6. The molecule has 1 heterocycles. The van der Waals surface area contributed by atoms with Gasteiger partial charge in [0.25, 0.3) is 0 Å². The summed E-state index contributed by atoms with van der Waals surface area (Å²) in [5, 5.41) is 13.8. The number of halogens is 1. The quantitative estimate of drug-likeness (QED) is 0.240. The molecule has 5 fully saturated rings. The molecule has 0 aromatic heterocycles. The SMILES string of the molecule is C=CC.CC1(C)C(C2=CCC(CF)(C(=O)O)CC2)=CCC2(C)C1CCC1(C)C2CCC2[C@H]3CCCC3(NCCN3CCC(S(C)(=O)=O)CC3)CC[C@]21C. The highest BCUT2D eigenvalue weighted by Gasteiger charge is 2.69.